The number of rotatable bonds is 5. The van der Waals surface area contributed by atoms with Gasteiger partial charge in [-0.05, 0) is 37.0 Å². The number of phenolic OH excluding ortho intramolecular Hbond substituents is 1. The largest absolute Gasteiger partial charge is 0.508 e. The number of ether oxygens (including phenoxy) is 1. The van der Waals surface area contributed by atoms with Gasteiger partial charge in [-0.2, -0.15) is 0 Å². The van der Waals surface area contributed by atoms with Crippen LogP contribution in [-0.4, -0.2) is 36.3 Å². The maximum absolute atomic E-state index is 11.9. The van der Waals surface area contributed by atoms with E-state index < -0.39 is 6.04 Å². The van der Waals surface area contributed by atoms with Crippen LogP contribution in [0.25, 0.3) is 0 Å². The number of carbonyl (C=O) groups is 1. The molecule has 1 aliphatic rings. The fraction of sp³-hybridized carbons (Fsp3) is 0.500. The lowest BCUT2D eigenvalue weighted by molar-refractivity contribution is -0.124. The Morgan fingerprint density at radius 2 is 2.11 bits per heavy atom. The quantitative estimate of drug-likeness (QED) is 0.725. The predicted molar refractivity (Wildman–Crippen MR) is 71.7 cm³/mol. The topological polar surface area (TPSA) is 84.6 Å². The lowest BCUT2D eigenvalue weighted by atomic mass is 9.89. The summed E-state index contributed by atoms with van der Waals surface area (Å²) in [5.74, 6) is 0.0782. The zero-order chi connectivity index (χ0) is 13.8. The van der Waals surface area contributed by atoms with E-state index in [-0.39, 0.29) is 23.8 Å². The van der Waals surface area contributed by atoms with Gasteiger partial charge in [0.2, 0.25) is 5.91 Å². The highest BCUT2D eigenvalue weighted by Crippen LogP contribution is 2.22. The van der Waals surface area contributed by atoms with Gasteiger partial charge in [-0.3, -0.25) is 4.79 Å². The zero-order valence-electron chi connectivity index (χ0n) is 11.0. The average Bonchev–Trinajstić information content (AvgIpc) is 2.35. The fourth-order valence-corrected chi connectivity index (χ4v) is 2.16. The van der Waals surface area contributed by atoms with Crippen molar-refractivity contribution in [1.29, 1.82) is 0 Å². The van der Waals surface area contributed by atoms with Gasteiger partial charge in [0.05, 0.1) is 12.1 Å². The van der Waals surface area contributed by atoms with E-state index in [0.29, 0.717) is 6.42 Å². The molecule has 4 N–H and O–H groups in total. The first kappa shape index (κ1) is 13.8. The van der Waals surface area contributed by atoms with Crippen LogP contribution in [0, 0.1) is 0 Å². The van der Waals surface area contributed by atoms with Gasteiger partial charge in [-0.1, -0.05) is 12.1 Å². The standard InChI is InChI=1S/C14H20N2O3/c1-19-12-7-10(8-12)16-14(18)13(15)6-9-2-4-11(17)5-3-9/h2-5,10,12-13,17H,6-8,15H2,1H3,(H,16,18). The molecule has 19 heavy (non-hydrogen) atoms. The smallest absolute Gasteiger partial charge is 0.237 e. The molecule has 0 spiro atoms. The molecule has 1 amide bonds. The lowest BCUT2D eigenvalue weighted by Crippen LogP contribution is -2.52. The second kappa shape index (κ2) is 6.04. The number of carbonyl (C=O) groups excluding carboxylic acids is 1. The molecule has 1 aromatic carbocycles. The van der Waals surface area contributed by atoms with Crippen LogP contribution >= 0.6 is 0 Å². The third-order valence-corrected chi connectivity index (χ3v) is 3.50. The molecule has 5 heteroatoms. The van der Waals surface area contributed by atoms with Crippen molar-refractivity contribution in [3.8, 4) is 5.75 Å². The van der Waals surface area contributed by atoms with E-state index in [1.165, 1.54) is 0 Å². The van der Waals surface area contributed by atoms with Crippen LogP contribution in [0.1, 0.15) is 18.4 Å². The molecule has 5 nitrogen and oxygen atoms in total. The maximum atomic E-state index is 11.9. The van der Waals surface area contributed by atoms with Gasteiger partial charge in [0.25, 0.3) is 0 Å². The van der Waals surface area contributed by atoms with E-state index in [2.05, 4.69) is 5.32 Å². The molecule has 0 aromatic heterocycles. The second-order valence-corrected chi connectivity index (χ2v) is 5.01. The van der Waals surface area contributed by atoms with Crippen molar-refractivity contribution in [3.63, 3.8) is 0 Å². The Kier molecular flexibility index (Phi) is 4.39. The van der Waals surface area contributed by atoms with Crippen LogP contribution < -0.4 is 11.1 Å². The molecule has 0 radical (unpaired) electrons. The number of hydrogen-bond donors (Lipinski definition) is 3. The van der Waals surface area contributed by atoms with E-state index in [1.807, 2.05) is 0 Å². The summed E-state index contributed by atoms with van der Waals surface area (Å²) in [6, 6.07) is 6.35. The molecule has 1 aromatic rings. The summed E-state index contributed by atoms with van der Waals surface area (Å²) in [6.45, 7) is 0. The first-order chi connectivity index (χ1) is 9.08. The Morgan fingerprint density at radius 1 is 1.47 bits per heavy atom. The molecule has 0 aliphatic heterocycles. The summed E-state index contributed by atoms with van der Waals surface area (Å²) in [4.78, 5) is 11.9. The Bertz CT molecular complexity index is 427. The van der Waals surface area contributed by atoms with Crippen molar-refractivity contribution < 1.29 is 14.6 Å². The van der Waals surface area contributed by atoms with Crippen LogP contribution in [0.5, 0.6) is 5.75 Å². The summed E-state index contributed by atoms with van der Waals surface area (Å²) in [5, 5.41) is 12.1. The highest BCUT2D eigenvalue weighted by atomic mass is 16.5. The van der Waals surface area contributed by atoms with Gasteiger partial charge in [0.15, 0.2) is 0 Å². The molecular weight excluding hydrogens is 244 g/mol. The molecule has 1 atom stereocenters. The SMILES string of the molecule is COC1CC(NC(=O)C(N)Cc2ccc(O)cc2)C1. The minimum absolute atomic E-state index is 0.132. The van der Waals surface area contributed by atoms with E-state index in [9.17, 15) is 9.90 Å². The number of amides is 1. The third kappa shape index (κ3) is 3.68. The molecule has 0 bridgehead atoms. The molecule has 1 aliphatic carbocycles. The monoisotopic (exact) mass is 264 g/mol. The van der Waals surface area contributed by atoms with Crippen molar-refractivity contribution in [1.82, 2.24) is 5.32 Å². The minimum atomic E-state index is -0.564. The van der Waals surface area contributed by atoms with E-state index in [0.717, 1.165) is 18.4 Å². The summed E-state index contributed by atoms with van der Waals surface area (Å²) in [7, 11) is 1.68. The minimum Gasteiger partial charge on any atom is -0.508 e. The molecular formula is C14H20N2O3. The molecule has 0 heterocycles. The Balaban J connectivity index is 1.78. The van der Waals surface area contributed by atoms with Crippen LogP contribution in [-0.2, 0) is 16.0 Å². The molecule has 0 saturated heterocycles. The number of methoxy groups -OCH3 is 1. The zero-order valence-corrected chi connectivity index (χ0v) is 11.0. The molecule has 104 valence electrons. The molecule has 1 fully saturated rings. The van der Waals surface area contributed by atoms with Crippen molar-refractivity contribution >= 4 is 5.91 Å². The Labute approximate surface area is 112 Å². The first-order valence-corrected chi connectivity index (χ1v) is 6.45. The van der Waals surface area contributed by atoms with Crippen LogP contribution in [0.15, 0.2) is 24.3 Å². The molecule has 1 unspecified atom stereocenters. The van der Waals surface area contributed by atoms with E-state index >= 15 is 0 Å². The second-order valence-electron chi connectivity index (χ2n) is 5.01. The summed E-state index contributed by atoms with van der Waals surface area (Å²) in [5.41, 5.74) is 6.81. The van der Waals surface area contributed by atoms with Gasteiger partial charge in [-0.15, -0.1) is 0 Å². The number of phenols is 1. The van der Waals surface area contributed by atoms with Crippen molar-refractivity contribution in [2.45, 2.75) is 37.5 Å². The van der Waals surface area contributed by atoms with Gasteiger partial charge < -0.3 is 20.9 Å². The summed E-state index contributed by atoms with van der Waals surface area (Å²) < 4.78 is 5.16. The van der Waals surface area contributed by atoms with Crippen molar-refractivity contribution in [2.75, 3.05) is 7.11 Å². The fourth-order valence-electron chi connectivity index (χ4n) is 2.16. The lowest BCUT2D eigenvalue weighted by Gasteiger charge is -2.35. The van der Waals surface area contributed by atoms with Crippen LogP contribution in [0.3, 0.4) is 0 Å². The van der Waals surface area contributed by atoms with Gasteiger partial charge >= 0.3 is 0 Å². The van der Waals surface area contributed by atoms with E-state index in [1.54, 1.807) is 31.4 Å². The number of aromatic hydroxyl groups is 1. The summed E-state index contributed by atoms with van der Waals surface area (Å²) in [6.07, 6.45) is 2.44. The van der Waals surface area contributed by atoms with Gasteiger partial charge in [-0.25, -0.2) is 0 Å². The van der Waals surface area contributed by atoms with E-state index in [4.69, 9.17) is 10.5 Å². The highest BCUT2D eigenvalue weighted by molar-refractivity contribution is 5.82. The molecule has 1 saturated carbocycles. The average molecular weight is 264 g/mol. The van der Waals surface area contributed by atoms with Gasteiger partial charge in [0.1, 0.15) is 5.75 Å². The maximum Gasteiger partial charge on any atom is 0.237 e. The van der Waals surface area contributed by atoms with Crippen LogP contribution in [0.4, 0.5) is 0 Å². The highest BCUT2D eigenvalue weighted by Gasteiger charge is 2.31. The summed E-state index contributed by atoms with van der Waals surface area (Å²) >= 11 is 0. The number of nitrogens with two attached hydrogens (primary N) is 1. The number of benzene rings is 1. The number of nitrogens with one attached hydrogen (secondary N) is 1. The van der Waals surface area contributed by atoms with Crippen LogP contribution in [0.2, 0.25) is 0 Å². The van der Waals surface area contributed by atoms with Gasteiger partial charge in [0, 0.05) is 13.2 Å². The predicted octanol–water partition coefficient (Wildman–Crippen LogP) is 0.556. The number of hydrogen-bond acceptors (Lipinski definition) is 4. The Hall–Kier alpha value is -1.59. The van der Waals surface area contributed by atoms with Crippen molar-refractivity contribution in [2.24, 2.45) is 5.73 Å². The first-order valence-electron chi connectivity index (χ1n) is 6.45. The third-order valence-electron chi connectivity index (χ3n) is 3.50. The Morgan fingerprint density at radius 3 is 2.68 bits per heavy atom. The van der Waals surface area contributed by atoms with Crippen molar-refractivity contribution in [3.05, 3.63) is 29.8 Å². The normalized spacial score (nSPS) is 23.5. The molecule has 2 rings (SSSR count).